The van der Waals surface area contributed by atoms with Gasteiger partial charge >= 0.3 is 0 Å². The highest BCUT2D eigenvalue weighted by molar-refractivity contribution is 7.26. The fourth-order valence-corrected chi connectivity index (χ4v) is 10.6. The molecule has 13 aromatic rings. The van der Waals surface area contributed by atoms with Crippen LogP contribution in [0, 0.1) is 0 Å². The summed E-state index contributed by atoms with van der Waals surface area (Å²) in [4.78, 5) is 15.5. The average Bonchev–Trinajstić information content (AvgIpc) is 3.95. The Kier molecular flexibility index (Phi) is 6.26. The lowest BCUT2D eigenvalue weighted by atomic mass is 10.00. The van der Waals surface area contributed by atoms with Gasteiger partial charge in [-0.15, -0.1) is 11.3 Å². The van der Waals surface area contributed by atoms with Crippen LogP contribution in [-0.4, -0.2) is 23.9 Å². The van der Waals surface area contributed by atoms with Crippen molar-refractivity contribution >= 4 is 102 Å². The van der Waals surface area contributed by atoms with Crippen molar-refractivity contribution < 1.29 is 0 Å². The molecule has 0 amide bonds. The summed E-state index contributed by atoms with van der Waals surface area (Å²) in [5.74, 6) is 1.86. The van der Waals surface area contributed by atoms with Gasteiger partial charge in [-0.1, -0.05) is 140 Å². The van der Waals surface area contributed by atoms with Gasteiger partial charge in [0, 0.05) is 63.6 Å². The van der Waals surface area contributed by atoms with Crippen molar-refractivity contribution in [1.29, 1.82) is 0 Å². The third-order valence-electron chi connectivity index (χ3n) is 11.7. The zero-order chi connectivity index (χ0) is 37.2. The third kappa shape index (κ3) is 4.25. The van der Waals surface area contributed by atoms with E-state index in [2.05, 4.69) is 148 Å². The van der Waals surface area contributed by atoms with Gasteiger partial charge in [-0.25, -0.2) is 4.98 Å². The van der Waals surface area contributed by atoms with Crippen LogP contribution >= 0.6 is 11.3 Å². The second-order valence-electron chi connectivity index (χ2n) is 14.7. The first-order valence-electron chi connectivity index (χ1n) is 19.2. The van der Waals surface area contributed by atoms with Crippen molar-refractivity contribution in [3.8, 4) is 28.7 Å². The standard InChI is InChI=1S/C51H29N5S/c1-3-14-30(15-4-1)49-52-50(31-16-5-2-6-17-31)54-51(53-49)56-39-25-10-8-19-36(39)44-41(56)29-28-40-45(44)37-23-11-22-35-34-21-13-27-43-47(34)46-33(20-12-26-42(46)57-43)32-18-7-9-24-38(32)55(40)48(35)37/h1-29H. The minimum atomic E-state index is 0.585. The second-order valence-corrected chi connectivity index (χ2v) is 15.8. The van der Waals surface area contributed by atoms with Crippen molar-refractivity contribution in [1.82, 2.24) is 23.9 Å². The SMILES string of the molecule is c1ccc(-c2nc(-c3ccccc3)nc(-n3c4ccccc4c4c5c6cccc7c8cccc9sc%10cccc(c%11ccccc%11n(c5ccc43)c76)c%10c98)n2)cc1. The number of nitrogens with zero attached hydrogens (tertiary/aromatic N) is 5. The predicted molar refractivity (Wildman–Crippen MR) is 239 cm³/mol. The van der Waals surface area contributed by atoms with E-state index in [9.17, 15) is 0 Å². The van der Waals surface area contributed by atoms with Crippen LogP contribution in [0.3, 0.4) is 0 Å². The molecular weight excluding hydrogens is 715 g/mol. The van der Waals surface area contributed by atoms with E-state index in [0.717, 1.165) is 33.1 Å². The van der Waals surface area contributed by atoms with E-state index in [4.69, 9.17) is 15.0 Å². The first-order chi connectivity index (χ1) is 28.3. The molecule has 0 radical (unpaired) electrons. The van der Waals surface area contributed by atoms with Gasteiger partial charge in [-0.3, -0.25) is 4.57 Å². The van der Waals surface area contributed by atoms with Crippen molar-refractivity contribution in [2.24, 2.45) is 0 Å². The highest BCUT2D eigenvalue weighted by atomic mass is 32.1. The van der Waals surface area contributed by atoms with E-state index in [1.165, 1.54) is 68.9 Å². The second kappa shape index (κ2) is 11.6. The van der Waals surface area contributed by atoms with Gasteiger partial charge in [0.1, 0.15) is 0 Å². The Morgan fingerprint density at radius 3 is 1.54 bits per heavy atom. The minimum absolute atomic E-state index is 0.585. The molecule has 0 bridgehead atoms. The van der Waals surface area contributed by atoms with Crippen LogP contribution in [-0.2, 0) is 0 Å². The molecule has 0 aliphatic carbocycles. The Hall–Kier alpha value is -7.41. The van der Waals surface area contributed by atoms with Crippen LogP contribution in [0.25, 0.3) is 120 Å². The van der Waals surface area contributed by atoms with E-state index in [1.807, 2.05) is 47.7 Å². The maximum Gasteiger partial charge on any atom is 0.238 e. The van der Waals surface area contributed by atoms with Crippen LogP contribution in [0.15, 0.2) is 176 Å². The van der Waals surface area contributed by atoms with Gasteiger partial charge in [0.25, 0.3) is 0 Å². The molecule has 13 rings (SSSR count). The summed E-state index contributed by atoms with van der Waals surface area (Å²) in [6.07, 6.45) is 0. The molecule has 5 heterocycles. The molecule has 5 nitrogen and oxygen atoms in total. The minimum Gasteiger partial charge on any atom is -0.308 e. The van der Waals surface area contributed by atoms with Crippen molar-refractivity contribution in [2.45, 2.75) is 0 Å². The van der Waals surface area contributed by atoms with Crippen molar-refractivity contribution in [3.05, 3.63) is 176 Å². The number of hydrogen-bond acceptors (Lipinski definition) is 4. The molecule has 0 fully saturated rings. The number of rotatable bonds is 3. The Morgan fingerprint density at radius 2 is 0.842 bits per heavy atom. The van der Waals surface area contributed by atoms with Gasteiger partial charge in [0.2, 0.25) is 5.95 Å². The van der Waals surface area contributed by atoms with Crippen LogP contribution in [0.5, 0.6) is 0 Å². The van der Waals surface area contributed by atoms with E-state index >= 15 is 0 Å². The van der Waals surface area contributed by atoms with Gasteiger partial charge in [0.05, 0.1) is 27.6 Å². The summed E-state index contributed by atoms with van der Waals surface area (Å²) in [7, 11) is 0. The summed E-state index contributed by atoms with van der Waals surface area (Å²) in [6, 6.07) is 63.0. The fourth-order valence-electron chi connectivity index (χ4n) is 9.41. The molecule has 0 N–H and O–H groups in total. The Morgan fingerprint density at radius 1 is 0.333 bits per heavy atom. The maximum atomic E-state index is 5.22. The monoisotopic (exact) mass is 743 g/mol. The van der Waals surface area contributed by atoms with E-state index < -0.39 is 0 Å². The Balaban J connectivity index is 1.24. The molecule has 0 unspecified atom stereocenters. The normalized spacial score (nSPS) is 12.2. The van der Waals surface area contributed by atoms with Crippen molar-refractivity contribution in [2.75, 3.05) is 0 Å². The van der Waals surface area contributed by atoms with Gasteiger partial charge in [-0.05, 0) is 47.2 Å². The number of benzene rings is 8. The maximum absolute atomic E-state index is 5.22. The molecule has 0 spiro atoms. The number of hydrogen-bond donors (Lipinski definition) is 0. The smallest absolute Gasteiger partial charge is 0.238 e. The lowest BCUT2D eigenvalue weighted by Gasteiger charge is -2.11. The molecule has 0 saturated heterocycles. The number of thiophene rings is 1. The number of aromatic nitrogens is 5. The molecule has 0 saturated carbocycles. The quantitative estimate of drug-likeness (QED) is 0.181. The highest BCUT2D eigenvalue weighted by Gasteiger charge is 2.23. The van der Waals surface area contributed by atoms with Crippen molar-refractivity contribution in [3.63, 3.8) is 0 Å². The lowest BCUT2D eigenvalue weighted by Crippen LogP contribution is -2.06. The summed E-state index contributed by atoms with van der Waals surface area (Å²) in [5.41, 5.74) is 7.52. The largest absolute Gasteiger partial charge is 0.308 e. The molecule has 264 valence electrons. The Labute approximate surface area is 329 Å². The van der Waals surface area contributed by atoms with E-state index in [1.54, 1.807) is 0 Å². The molecule has 0 aliphatic heterocycles. The molecule has 0 aliphatic rings. The summed E-state index contributed by atoms with van der Waals surface area (Å²) in [6.45, 7) is 0. The molecule has 0 atom stereocenters. The summed E-state index contributed by atoms with van der Waals surface area (Å²) < 4.78 is 7.37. The zero-order valence-electron chi connectivity index (χ0n) is 30.4. The topological polar surface area (TPSA) is 48.0 Å². The van der Waals surface area contributed by atoms with Gasteiger partial charge in [0.15, 0.2) is 11.6 Å². The molecule has 6 heteroatoms. The molecule has 57 heavy (non-hydrogen) atoms. The zero-order valence-corrected chi connectivity index (χ0v) is 31.2. The van der Waals surface area contributed by atoms with Crippen LogP contribution in [0.4, 0.5) is 0 Å². The lowest BCUT2D eigenvalue weighted by molar-refractivity contribution is 0.953. The number of para-hydroxylation sites is 3. The van der Waals surface area contributed by atoms with Crippen LogP contribution in [0.2, 0.25) is 0 Å². The molecule has 8 aromatic carbocycles. The molecular formula is C51H29N5S. The van der Waals surface area contributed by atoms with Crippen LogP contribution in [0.1, 0.15) is 0 Å². The first-order valence-corrected chi connectivity index (χ1v) is 20.0. The van der Waals surface area contributed by atoms with Gasteiger partial charge in [-0.2, -0.15) is 9.97 Å². The summed E-state index contributed by atoms with van der Waals surface area (Å²) >= 11 is 1.88. The summed E-state index contributed by atoms with van der Waals surface area (Å²) in [5, 5.41) is 12.4. The van der Waals surface area contributed by atoms with E-state index in [0.29, 0.717) is 17.6 Å². The predicted octanol–water partition coefficient (Wildman–Crippen LogP) is 13.5. The number of fused-ring (bicyclic) bond motifs is 11. The fraction of sp³-hybridized carbons (Fsp3) is 0. The van der Waals surface area contributed by atoms with E-state index in [-0.39, 0.29) is 0 Å². The first kappa shape index (κ1) is 30.9. The van der Waals surface area contributed by atoms with Crippen LogP contribution < -0.4 is 0 Å². The Bertz CT molecular complexity index is 3740. The van der Waals surface area contributed by atoms with Gasteiger partial charge < -0.3 is 4.40 Å². The molecule has 5 aromatic heterocycles. The average molecular weight is 744 g/mol. The highest BCUT2D eigenvalue weighted by Crippen LogP contribution is 2.47. The third-order valence-corrected chi connectivity index (χ3v) is 12.8.